The molecule has 112 valence electrons. The molecule has 2 aromatic rings. The standard InChI is InChI=1S/C17H22N2O2/c1-17(12-20,13-21)11-19-16(14-5-3-2-4-6-14)15-7-9-18-10-8-15/h2-10,16,19-21H,11-13H2,1H3. The molecule has 0 aliphatic rings. The number of aliphatic hydroxyl groups excluding tert-OH is 2. The van der Waals surface area contributed by atoms with Gasteiger partial charge in [0.25, 0.3) is 0 Å². The second-order valence-electron chi connectivity index (χ2n) is 5.63. The molecule has 0 saturated carbocycles. The van der Waals surface area contributed by atoms with Crippen LogP contribution in [-0.4, -0.2) is 35.0 Å². The zero-order valence-corrected chi connectivity index (χ0v) is 12.2. The van der Waals surface area contributed by atoms with Crippen molar-refractivity contribution in [3.05, 3.63) is 66.0 Å². The number of hydrogen-bond donors (Lipinski definition) is 3. The van der Waals surface area contributed by atoms with Crippen molar-refractivity contribution >= 4 is 0 Å². The quantitative estimate of drug-likeness (QED) is 0.725. The predicted molar refractivity (Wildman–Crippen MR) is 82.8 cm³/mol. The third kappa shape index (κ3) is 4.11. The number of aromatic nitrogens is 1. The van der Waals surface area contributed by atoms with Gasteiger partial charge in [-0.15, -0.1) is 0 Å². The molecule has 1 atom stereocenters. The lowest BCUT2D eigenvalue weighted by atomic mass is 9.91. The molecule has 0 aliphatic carbocycles. The molecule has 0 radical (unpaired) electrons. The molecule has 0 bridgehead atoms. The van der Waals surface area contributed by atoms with Crippen LogP contribution >= 0.6 is 0 Å². The van der Waals surface area contributed by atoms with Crippen LogP contribution in [0.4, 0.5) is 0 Å². The first-order valence-corrected chi connectivity index (χ1v) is 7.08. The van der Waals surface area contributed by atoms with E-state index in [9.17, 15) is 10.2 Å². The maximum absolute atomic E-state index is 9.43. The number of nitrogens with zero attached hydrogens (tertiary/aromatic N) is 1. The summed E-state index contributed by atoms with van der Waals surface area (Å²) in [5.74, 6) is 0. The largest absolute Gasteiger partial charge is 0.396 e. The van der Waals surface area contributed by atoms with E-state index in [1.54, 1.807) is 12.4 Å². The molecule has 0 spiro atoms. The topological polar surface area (TPSA) is 65.4 Å². The molecule has 2 rings (SSSR count). The third-order valence-electron chi connectivity index (χ3n) is 3.67. The van der Waals surface area contributed by atoms with Crippen molar-refractivity contribution in [2.24, 2.45) is 5.41 Å². The summed E-state index contributed by atoms with van der Waals surface area (Å²) in [6.07, 6.45) is 3.54. The highest BCUT2D eigenvalue weighted by atomic mass is 16.3. The molecule has 4 heteroatoms. The number of rotatable bonds is 7. The predicted octanol–water partition coefficient (Wildman–Crippen LogP) is 1.75. The van der Waals surface area contributed by atoms with Crippen molar-refractivity contribution in [2.45, 2.75) is 13.0 Å². The van der Waals surface area contributed by atoms with Crippen molar-refractivity contribution in [1.82, 2.24) is 10.3 Å². The van der Waals surface area contributed by atoms with Gasteiger partial charge in [0.2, 0.25) is 0 Å². The smallest absolute Gasteiger partial charge is 0.0578 e. The molecule has 3 N–H and O–H groups in total. The summed E-state index contributed by atoms with van der Waals surface area (Å²) in [6, 6.07) is 14.1. The van der Waals surface area contributed by atoms with E-state index in [0.717, 1.165) is 11.1 Å². The van der Waals surface area contributed by atoms with Crippen LogP contribution < -0.4 is 5.32 Å². The molecule has 0 fully saturated rings. The van der Waals surface area contributed by atoms with Gasteiger partial charge in [0, 0.05) is 24.4 Å². The van der Waals surface area contributed by atoms with Crippen molar-refractivity contribution < 1.29 is 10.2 Å². The Hall–Kier alpha value is -1.75. The van der Waals surface area contributed by atoms with Gasteiger partial charge < -0.3 is 15.5 Å². The van der Waals surface area contributed by atoms with E-state index < -0.39 is 5.41 Å². The van der Waals surface area contributed by atoms with Crippen LogP contribution in [0.15, 0.2) is 54.9 Å². The first kappa shape index (κ1) is 15.6. The van der Waals surface area contributed by atoms with Crippen molar-refractivity contribution in [3.8, 4) is 0 Å². The summed E-state index contributed by atoms with van der Waals surface area (Å²) in [5, 5.41) is 22.3. The minimum absolute atomic E-state index is 0.00613. The maximum Gasteiger partial charge on any atom is 0.0578 e. The van der Waals surface area contributed by atoms with E-state index in [2.05, 4.69) is 22.4 Å². The van der Waals surface area contributed by atoms with Gasteiger partial charge in [-0.3, -0.25) is 4.98 Å². The van der Waals surface area contributed by atoms with Gasteiger partial charge in [-0.2, -0.15) is 0 Å². The maximum atomic E-state index is 9.43. The van der Waals surface area contributed by atoms with Crippen LogP contribution in [0.25, 0.3) is 0 Å². The highest BCUT2D eigenvalue weighted by molar-refractivity contribution is 5.30. The third-order valence-corrected chi connectivity index (χ3v) is 3.67. The molecular weight excluding hydrogens is 264 g/mol. The second-order valence-corrected chi connectivity index (χ2v) is 5.63. The monoisotopic (exact) mass is 286 g/mol. The van der Waals surface area contributed by atoms with Gasteiger partial charge in [0.15, 0.2) is 0 Å². The molecule has 21 heavy (non-hydrogen) atoms. The molecule has 4 nitrogen and oxygen atoms in total. The fourth-order valence-electron chi connectivity index (χ4n) is 2.14. The van der Waals surface area contributed by atoms with Gasteiger partial charge >= 0.3 is 0 Å². The number of pyridine rings is 1. The Labute approximate surface area is 125 Å². The van der Waals surface area contributed by atoms with Crippen molar-refractivity contribution in [3.63, 3.8) is 0 Å². The number of nitrogens with one attached hydrogen (secondary N) is 1. The highest BCUT2D eigenvalue weighted by Gasteiger charge is 2.24. The van der Waals surface area contributed by atoms with Crippen molar-refractivity contribution in [1.29, 1.82) is 0 Å². The summed E-state index contributed by atoms with van der Waals surface area (Å²) < 4.78 is 0. The second kappa shape index (κ2) is 7.31. The molecule has 1 aromatic heterocycles. The van der Waals surface area contributed by atoms with E-state index in [-0.39, 0.29) is 19.3 Å². The average Bonchev–Trinajstić information content (AvgIpc) is 2.57. The SMILES string of the molecule is CC(CO)(CO)CNC(c1ccccc1)c1ccncc1. The Kier molecular flexibility index (Phi) is 5.44. The van der Waals surface area contributed by atoms with E-state index in [1.165, 1.54) is 0 Å². The van der Waals surface area contributed by atoms with Gasteiger partial charge in [-0.25, -0.2) is 0 Å². The van der Waals surface area contributed by atoms with Gasteiger partial charge in [0.1, 0.15) is 0 Å². The summed E-state index contributed by atoms with van der Waals surface area (Å²) in [5.41, 5.74) is 1.71. The van der Waals surface area contributed by atoms with E-state index >= 15 is 0 Å². The molecule has 1 unspecified atom stereocenters. The first-order chi connectivity index (χ1) is 10.2. The molecule has 1 heterocycles. The Balaban J connectivity index is 2.22. The van der Waals surface area contributed by atoms with Gasteiger partial charge in [-0.1, -0.05) is 37.3 Å². The molecular formula is C17H22N2O2. The van der Waals surface area contributed by atoms with Crippen LogP contribution in [0.2, 0.25) is 0 Å². The molecule has 0 aliphatic heterocycles. The lowest BCUT2D eigenvalue weighted by Crippen LogP contribution is -2.39. The Morgan fingerprint density at radius 2 is 1.57 bits per heavy atom. The molecule has 0 amide bonds. The summed E-state index contributed by atoms with van der Waals surface area (Å²) in [4.78, 5) is 4.05. The normalized spacial score (nSPS) is 13.1. The summed E-state index contributed by atoms with van der Waals surface area (Å²) in [7, 11) is 0. The minimum Gasteiger partial charge on any atom is -0.396 e. The lowest BCUT2D eigenvalue weighted by molar-refractivity contribution is 0.0682. The zero-order chi connectivity index (χ0) is 15.1. The minimum atomic E-state index is -0.542. The van der Waals surface area contributed by atoms with Crippen LogP contribution in [0.3, 0.4) is 0 Å². The van der Waals surface area contributed by atoms with Gasteiger partial charge in [0.05, 0.1) is 19.3 Å². The first-order valence-electron chi connectivity index (χ1n) is 7.08. The zero-order valence-electron chi connectivity index (χ0n) is 12.2. The highest BCUT2D eigenvalue weighted by Crippen LogP contribution is 2.23. The molecule has 0 saturated heterocycles. The van der Waals surface area contributed by atoms with E-state index in [0.29, 0.717) is 6.54 Å². The Bertz CT molecular complexity index is 488. The van der Waals surface area contributed by atoms with Crippen LogP contribution in [-0.2, 0) is 0 Å². The van der Waals surface area contributed by atoms with Crippen LogP contribution in [0.5, 0.6) is 0 Å². The number of aliphatic hydroxyl groups is 2. The fraction of sp³-hybridized carbons (Fsp3) is 0.353. The summed E-state index contributed by atoms with van der Waals surface area (Å²) >= 11 is 0. The summed E-state index contributed by atoms with van der Waals surface area (Å²) in [6.45, 7) is 2.25. The Morgan fingerprint density at radius 3 is 2.14 bits per heavy atom. The lowest BCUT2D eigenvalue weighted by Gasteiger charge is -2.29. The number of benzene rings is 1. The van der Waals surface area contributed by atoms with Crippen LogP contribution in [0, 0.1) is 5.41 Å². The molecule has 1 aromatic carbocycles. The van der Waals surface area contributed by atoms with E-state index in [4.69, 9.17) is 0 Å². The fourth-order valence-corrected chi connectivity index (χ4v) is 2.14. The van der Waals surface area contributed by atoms with Gasteiger partial charge in [-0.05, 0) is 23.3 Å². The Morgan fingerprint density at radius 1 is 1.00 bits per heavy atom. The van der Waals surface area contributed by atoms with E-state index in [1.807, 2.05) is 37.3 Å². The van der Waals surface area contributed by atoms with Crippen LogP contribution in [0.1, 0.15) is 24.1 Å². The average molecular weight is 286 g/mol. The number of hydrogen-bond acceptors (Lipinski definition) is 4. The van der Waals surface area contributed by atoms with Crippen molar-refractivity contribution in [2.75, 3.05) is 19.8 Å².